The Morgan fingerprint density at radius 1 is 1.35 bits per heavy atom. The fourth-order valence-corrected chi connectivity index (χ4v) is 4.19. The summed E-state index contributed by atoms with van der Waals surface area (Å²) in [7, 11) is 0. The number of anilines is 1. The molecule has 0 bridgehead atoms. The lowest BCUT2D eigenvalue weighted by Crippen LogP contribution is -2.54. The van der Waals surface area contributed by atoms with Gasteiger partial charge in [-0.1, -0.05) is 41.9 Å². The van der Waals surface area contributed by atoms with Crippen LogP contribution in [0, 0.1) is 0 Å². The minimum absolute atomic E-state index is 0.139. The zero-order chi connectivity index (χ0) is 22.1. The van der Waals surface area contributed by atoms with Gasteiger partial charge in [-0.25, -0.2) is 9.59 Å². The molecule has 1 aliphatic rings. The molecule has 0 spiro atoms. The molecule has 162 valence electrons. The number of H-pyrrole nitrogens is 1. The van der Waals surface area contributed by atoms with E-state index >= 15 is 0 Å². The van der Waals surface area contributed by atoms with Crippen LogP contribution < -0.4 is 10.6 Å². The van der Waals surface area contributed by atoms with Gasteiger partial charge in [0.2, 0.25) is 0 Å². The Labute approximate surface area is 191 Å². The maximum atomic E-state index is 12.5. The topological polar surface area (TPSA) is 98.8 Å². The first-order valence-electron chi connectivity index (χ1n) is 9.68. The van der Waals surface area contributed by atoms with Crippen LogP contribution >= 0.6 is 27.5 Å². The van der Waals surface area contributed by atoms with E-state index in [0.717, 1.165) is 5.56 Å². The van der Waals surface area contributed by atoms with Gasteiger partial charge in [0.1, 0.15) is 12.4 Å². The molecule has 4 rings (SSSR count). The monoisotopic (exact) mass is 506 g/mol. The molecule has 10 heteroatoms. The van der Waals surface area contributed by atoms with Crippen molar-refractivity contribution in [2.24, 2.45) is 0 Å². The summed E-state index contributed by atoms with van der Waals surface area (Å²) in [6, 6.07) is 11.0. The Morgan fingerprint density at radius 3 is 2.81 bits per heavy atom. The predicted octanol–water partition coefficient (Wildman–Crippen LogP) is 3.89. The van der Waals surface area contributed by atoms with Crippen molar-refractivity contribution in [3.8, 4) is 5.75 Å². The summed E-state index contributed by atoms with van der Waals surface area (Å²) in [4.78, 5) is 34.9. The first-order valence-corrected chi connectivity index (χ1v) is 10.9. The van der Waals surface area contributed by atoms with Gasteiger partial charge in [0.15, 0.2) is 5.75 Å². The van der Waals surface area contributed by atoms with Crippen molar-refractivity contribution in [3.63, 3.8) is 0 Å². The molecule has 0 aliphatic carbocycles. The molecular weight excluding hydrogens is 488 g/mol. The third-order valence-electron chi connectivity index (χ3n) is 5.24. The average Bonchev–Trinajstić information content (AvgIpc) is 2.77. The van der Waals surface area contributed by atoms with Crippen LogP contribution in [-0.2, 0) is 11.3 Å². The molecular formula is C21H20BrClN4O4. The van der Waals surface area contributed by atoms with Crippen LogP contribution in [0.1, 0.15) is 12.5 Å². The Kier molecular flexibility index (Phi) is 6.06. The number of fused-ring (bicyclic) bond motifs is 1. The van der Waals surface area contributed by atoms with Crippen molar-refractivity contribution in [2.45, 2.75) is 19.6 Å². The summed E-state index contributed by atoms with van der Waals surface area (Å²) in [5.41, 5.74) is 0.594. The number of phenols is 1. The number of halogens is 2. The second-order valence-corrected chi connectivity index (χ2v) is 8.54. The van der Waals surface area contributed by atoms with Gasteiger partial charge in [0.05, 0.1) is 15.0 Å². The molecule has 0 unspecified atom stereocenters. The molecule has 2 N–H and O–H groups in total. The molecule has 0 radical (unpaired) electrons. The molecule has 1 atom stereocenters. The van der Waals surface area contributed by atoms with Crippen LogP contribution in [0.2, 0.25) is 5.02 Å². The maximum absolute atomic E-state index is 12.5. The number of benzene rings is 2. The number of aromatic nitrogens is 2. The van der Waals surface area contributed by atoms with Gasteiger partial charge in [0, 0.05) is 31.1 Å². The number of phenolic OH excluding ortho intramolecular Hbond substituents is 1. The van der Waals surface area contributed by atoms with Gasteiger partial charge in [0.25, 0.3) is 0 Å². The van der Waals surface area contributed by atoms with Crippen molar-refractivity contribution in [1.29, 1.82) is 0 Å². The molecule has 1 amide bonds. The molecule has 3 aromatic rings. The molecule has 0 saturated carbocycles. The minimum Gasteiger partial charge on any atom is -0.505 e. The van der Waals surface area contributed by atoms with Crippen LogP contribution in [0.3, 0.4) is 0 Å². The van der Waals surface area contributed by atoms with Gasteiger partial charge in [-0.3, -0.25) is 0 Å². The quantitative estimate of drug-likeness (QED) is 0.558. The van der Waals surface area contributed by atoms with Crippen molar-refractivity contribution < 1.29 is 14.6 Å². The fraction of sp³-hybridized carbons (Fsp3) is 0.286. The Balaban J connectivity index is 1.53. The van der Waals surface area contributed by atoms with E-state index < -0.39 is 5.69 Å². The lowest BCUT2D eigenvalue weighted by Gasteiger charge is -2.40. The van der Waals surface area contributed by atoms with Crippen LogP contribution in [0.5, 0.6) is 5.75 Å². The average molecular weight is 508 g/mol. The number of nitrogens with zero attached hydrogens (tertiary/aromatic N) is 3. The summed E-state index contributed by atoms with van der Waals surface area (Å²) in [5.74, 6) is 0.257. The summed E-state index contributed by atoms with van der Waals surface area (Å²) < 4.78 is 5.73. The van der Waals surface area contributed by atoms with E-state index in [1.54, 1.807) is 11.0 Å². The van der Waals surface area contributed by atoms with E-state index in [4.69, 9.17) is 16.3 Å². The van der Waals surface area contributed by atoms with E-state index in [1.165, 1.54) is 0 Å². The van der Waals surface area contributed by atoms with E-state index in [2.05, 4.69) is 25.9 Å². The van der Waals surface area contributed by atoms with E-state index in [-0.39, 0.29) is 30.0 Å². The number of aromatic amines is 1. The van der Waals surface area contributed by atoms with E-state index in [9.17, 15) is 14.7 Å². The number of hydrogen-bond acceptors (Lipinski definition) is 6. The SMILES string of the molecule is C[C@H]1CN(C(=O)OCc2ccccc2)CCN1c1nc(=O)[nH]c2c(O)c(Br)c(Cl)cc12. The number of piperazine rings is 1. The number of aromatic hydroxyl groups is 1. The number of nitrogens with one attached hydrogen (secondary N) is 1. The van der Waals surface area contributed by atoms with E-state index in [0.29, 0.717) is 40.3 Å². The highest BCUT2D eigenvalue weighted by atomic mass is 79.9. The molecule has 2 aromatic carbocycles. The highest BCUT2D eigenvalue weighted by Crippen LogP contribution is 2.40. The Hall–Kier alpha value is -2.78. The van der Waals surface area contributed by atoms with Crippen LogP contribution in [-0.4, -0.2) is 51.7 Å². The first-order chi connectivity index (χ1) is 14.8. The normalized spacial score (nSPS) is 16.5. The maximum Gasteiger partial charge on any atom is 0.410 e. The predicted molar refractivity (Wildman–Crippen MR) is 122 cm³/mol. The standard InChI is InChI=1S/C21H20BrClN4O4/c1-12-10-26(21(30)31-11-13-5-3-2-4-6-13)7-8-27(12)19-14-9-15(23)16(22)18(28)17(14)24-20(29)25-19/h2-6,9,12,28H,7-8,10-11H2,1H3,(H,24,25,29)/t12-/m0/s1. The molecule has 1 aromatic heterocycles. The summed E-state index contributed by atoms with van der Waals surface area (Å²) in [6.45, 7) is 3.40. The first kappa shape index (κ1) is 21.5. The third-order valence-corrected chi connectivity index (χ3v) is 6.57. The van der Waals surface area contributed by atoms with Crippen molar-refractivity contribution >= 4 is 50.3 Å². The lowest BCUT2D eigenvalue weighted by atomic mass is 10.1. The summed E-state index contributed by atoms with van der Waals surface area (Å²) >= 11 is 9.43. The van der Waals surface area contributed by atoms with E-state index in [1.807, 2.05) is 42.2 Å². The number of carbonyl (C=O) groups is 1. The number of amides is 1. The lowest BCUT2D eigenvalue weighted by molar-refractivity contribution is 0.0898. The van der Waals surface area contributed by atoms with Crippen molar-refractivity contribution in [1.82, 2.24) is 14.9 Å². The van der Waals surface area contributed by atoms with Crippen LogP contribution in [0.4, 0.5) is 10.6 Å². The van der Waals surface area contributed by atoms with Gasteiger partial charge in [-0.2, -0.15) is 4.98 Å². The molecule has 31 heavy (non-hydrogen) atoms. The molecule has 2 heterocycles. The Morgan fingerprint density at radius 2 is 2.10 bits per heavy atom. The van der Waals surface area contributed by atoms with Gasteiger partial charge in [-0.15, -0.1) is 0 Å². The Bertz CT molecular complexity index is 1190. The number of rotatable bonds is 3. The van der Waals surface area contributed by atoms with Crippen LogP contribution in [0.25, 0.3) is 10.9 Å². The number of hydrogen-bond donors (Lipinski definition) is 2. The summed E-state index contributed by atoms with van der Waals surface area (Å²) in [6.07, 6.45) is -0.385. The number of ether oxygens (including phenoxy) is 1. The molecule has 1 fully saturated rings. The smallest absolute Gasteiger partial charge is 0.410 e. The van der Waals surface area contributed by atoms with Gasteiger partial charge < -0.3 is 24.6 Å². The highest BCUT2D eigenvalue weighted by molar-refractivity contribution is 9.10. The fourth-order valence-electron chi connectivity index (χ4n) is 3.67. The van der Waals surface area contributed by atoms with Crippen LogP contribution in [0.15, 0.2) is 45.7 Å². The second kappa shape index (κ2) is 8.76. The molecule has 1 saturated heterocycles. The molecule has 1 aliphatic heterocycles. The number of carbonyl (C=O) groups excluding carboxylic acids is 1. The zero-order valence-electron chi connectivity index (χ0n) is 16.6. The van der Waals surface area contributed by atoms with Gasteiger partial charge >= 0.3 is 11.8 Å². The zero-order valence-corrected chi connectivity index (χ0v) is 19.0. The summed E-state index contributed by atoms with van der Waals surface area (Å²) in [5, 5.41) is 11.2. The molecule has 8 nitrogen and oxygen atoms in total. The van der Waals surface area contributed by atoms with Crippen molar-refractivity contribution in [3.05, 3.63) is 61.9 Å². The second-order valence-electron chi connectivity index (χ2n) is 7.34. The van der Waals surface area contributed by atoms with Crippen molar-refractivity contribution in [2.75, 3.05) is 24.5 Å². The van der Waals surface area contributed by atoms with Gasteiger partial charge in [-0.05, 0) is 34.5 Å². The third kappa shape index (κ3) is 4.33. The minimum atomic E-state index is -0.580. The highest BCUT2D eigenvalue weighted by Gasteiger charge is 2.30. The largest absolute Gasteiger partial charge is 0.505 e.